The summed E-state index contributed by atoms with van der Waals surface area (Å²) in [6, 6.07) is 8.92. The Bertz CT molecular complexity index is 807. The first-order chi connectivity index (χ1) is 13.0. The third kappa shape index (κ3) is 3.79. The number of anilines is 2. The summed E-state index contributed by atoms with van der Waals surface area (Å²) < 4.78 is 0. The summed E-state index contributed by atoms with van der Waals surface area (Å²) in [5.74, 6) is 2.91. The van der Waals surface area contributed by atoms with E-state index in [1.165, 1.54) is 16.7 Å². The highest BCUT2D eigenvalue weighted by molar-refractivity contribution is 5.52. The van der Waals surface area contributed by atoms with Crippen molar-refractivity contribution >= 4 is 11.6 Å². The molecule has 0 saturated carbocycles. The normalized spacial score (nSPS) is 23.9. The standard InChI is InChI=1S/C22H30N4O/c1-15-4-5-20(16(2)10-15)19-7-9-26(13-19)22-11-21(23-14-24-22)25-8-6-18(12-25)17(3)27/h4-5,10-11,14,17-19,27H,6-9,12-13H2,1-3H3. The number of nitrogens with zero attached hydrogens (tertiary/aromatic N) is 4. The largest absolute Gasteiger partial charge is 0.393 e. The van der Waals surface area contributed by atoms with Gasteiger partial charge >= 0.3 is 0 Å². The Hall–Kier alpha value is -2.14. The summed E-state index contributed by atoms with van der Waals surface area (Å²) in [5.41, 5.74) is 4.19. The molecule has 1 aromatic heterocycles. The predicted molar refractivity (Wildman–Crippen MR) is 110 cm³/mol. The molecule has 2 aliphatic heterocycles. The van der Waals surface area contributed by atoms with Crippen molar-refractivity contribution in [2.75, 3.05) is 36.0 Å². The van der Waals surface area contributed by atoms with Crippen LogP contribution >= 0.6 is 0 Å². The highest BCUT2D eigenvalue weighted by Gasteiger charge is 2.29. The van der Waals surface area contributed by atoms with Crippen LogP contribution in [0.3, 0.4) is 0 Å². The molecule has 2 fully saturated rings. The molecule has 3 atom stereocenters. The minimum Gasteiger partial charge on any atom is -0.393 e. The number of hydrogen-bond acceptors (Lipinski definition) is 5. The van der Waals surface area contributed by atoms with Gasteiger partial charge < -0.3 is 14.9 Å². The molecule has 3 unspecified atom stereocenters. The highest BCUT2D eigenvalue weighted by atomic mass is 16.3. The SMILES string of the molecule is Cc1ccc(C2CCN(c3cc(N4CCC(C(C)O)C4)ncn3)C2)c(C)c1. The fourth-order valence-electron chi connectivity index (χ4n) is 4.58. The monoisotopic (exact) mass is 366 g/mol. The van der Waals surface area contributed by atoms with Gasteiger partial charge in [-0.2, -0.15) is 0 Å². The van der Waals surface area contributed by atoms with Crippen molar-refractivity contribution in [1.29, 1.82) is 0 Å². The summed E-state index contributed by atoms with van der Waals surface area (Å²) in [5, 5.41) is 9.85. The number of hydrogen-bond donors (Lipinski definition) is 1. The van der Waals surface area contributed by atoms with Crippen LogP contribution in [-0.4, -0.2) is 47.4 Å². The van der Waals surface area contributed by atoms with Crippen LogP contribution in [0.1, 0.15) is 42.4 Å². The molecule has 27 heavy (non-hydrogen) atoms. The number of aliphatic hydroxyl groups excluding tert-OH is 1. The first kappa shape index (κ1) is 18.2. The molecular formula is C22H30N4O. The van der Waals surface area contributed by atoms with Crippen molar-refractivity contribution in [3.05, 3.63) is 47.3 Å². The number of aryl methyl sites for hydroxylation is 2. The van der Waals surface area contributed by atoms with Crippen LogP contribution in [0, 0.1) is 19.8 Å². The fourth-order valence-corrected chi connectivity index (χ4v) is 4.58. The van der Waals surface area contributed by atoms with E-state index in [1.807, 2.05) is 6.92 Å². The molecule has 0 bridgehead atoms. The van der Waals surface area contributed by atoms with Gasteiger partial charge in [-0.05, 0) is 44.7 Å². The Labute approximate surface area is 162 Å². The molecule has 144 valence electrons. The summed E-state index contributed by atoms with van der Waals surface area (Å²) in [4.78, 5) is 13.7. The zero-order valence-electron chi connectivity index (χ0n) is 16.6. The third-order valence-electron chi connectivity index (χ3n) is 6.25. The molecule has 5 heteroatoms. The molecule has 5 nitrogen and oxygen atoms in total. The van der Waals surface area contributed by atoms with Gasteiger partial charge in [0.2, 0.25) is 0 Å². The van der Waals surface area contributed by atoms with Gasteiger partial charge in [0.1, 0.15) is 18.0 Å². The summed E-state index contributed by atoms with van der Waals surface area (Å²) in [6.45, 7) is 10.1. The van der Waals surface area contributed by atoms with Crippen LogP contribution in [0.4, 0.5) is 11.6 Å². The topological polar surface area (TPSA) is 52.5 Å². The zero-order chi connectivity index (χ0) is 19.0. The van der Waals surface area contributed by atoms with E-state index >= 15 is 0 Å². The van der Waals surface area contributed by atoms with Gasteiger partial charge in [0.05, 0.1) is 6.10 Å². The Morgan fingerprint density at radius 3 is 2.37 bits per heavy atom. The van der Waals surface area contributed by atoms with Crippen LogP contribution in [0.25, 0.3) is 0 Å². The maximum atomic E-state index is 9.85. The Morgan fingerprint density at radius 2 is 1.70 bits per heavy atom. The fraction of sp³-hybridized carbons (Fsp3) is 0.545. The maximum Gasteiger partial charge on any atom is 0.134 e. The van der Waals surface area contributed by atoms with Crippen LogP contribution in [-0.2, 0) is 0 Å². The van der Waals surface area contributed by atoms with Gasteiger partial charge in [0.15, 0.2) is 0 Å². The van der Waals surface area contributed by atoms with E-state index in [9.17, 15) is 5.11 Å². The first-order valence-electron chi connectivity index (χ1n) is 10.1. The average molecular weight is 367 g/mol. The molecule has 2 saturated heterocycles. The Kier molecular flexibility index (Phi) is 5.04. The lowest BCUT2D eigenvalue weighted by molar-refractivity contribution is 0.136. The van der Waals surface area contributed by atoms with Gasteiger partial charge in [-0.25, -0.2) is 9.97 Å². The molecule has 0 amide bonds. The highest BCUT2D eigenvalue weighted by Crippen LogP contribution is 2.33. The second-order valence-electron chi connectivity index (χ2n) is 8.26. The molecule has 1 aromatic carbocycles. The quantitative estimate of drug-likeness (QED) is 0.900. The van der Waals surface area contributed by atoms with Crippen LogP contribution in [0.5, 0.6) is 0 Å². The molecular weight excluding hydrogens is 336 g/mol. The third-order valence-corrected chi connectivity index (χ3v) is 6.25. The Morgan fingerprint density at radius 1 is 1.00 bits per heavy atom. The van der Waals surface area contributed by atoms with Gasteiger partial charge in [-0.15, -0.1) is 0 Å². The second-order valence-corrected chi connectivity index (χ2v) is 8.26. The van der Waals surface area contributed by atoms with E-state index in [0.717, 1.165) is 50.7 Å². The lowest BCUT2D eigenvalue weighted by Gasteiger charge is -2.22. The van der Waals surface area contributed by atoms with Crippen molar-refractivity contribution in [3.63, 3.8) is 0 Å². The predicted octanol–water partition coefficient (Wildman–Crippen LogP) is 3.29. The van der Waals surface area contributed by atoms with Gasteiger partial charge in [-0.1, -0.05) is 23.8 Å². The minimum atomic E-state index is -0.256. The van der Waals surface area contributed by atoms with Gasteiger partial charge in [0, 0.05) is 44.1 Å². The molecule has 1 N–H and O–H groups in total. The Balaban J connectivity index is 1.47. The number of rotatable bonds is 4. The van der Waals surface area contributed by atoms with Crippen LogP contribution in [0.2, 0.25) is 0 Å². The van der Waals surface area contributed by atoms with E-state index in [1.54, 1.807) is 6.33 Å². The van der Waals surface area contributed by atoms with E-state index in [2.05, 4.69) is 57.9 Å². The molecule has 3 heterocycles. The molecule has 2 aromatic rings. The van der Waals surface area contributed by atoms with Crippen molar-refractivity contribution in [3.8, 4) is 0 Å². The summed E-state index contributed by atoms with van der Waals surface area (Å²) in [7, 11) is 0. The van der Waals surface area contributed by atoms with Crippen molar-refractivity contribution in [2.24, 2.45) is 5.92 Å². The van der Waals surface area contributed by atoms with E-state index < -0.39 is 0 Å². The molecule has 2 aliphatic rings. The first-order valence-corrected chi connectivity index (χ1v) is 10.1. The van der Waals surface area contributed by atoms with Crippen LogP contribution in [0.15, 0.2) is 30.6 Å². The van der Waals surface area contributed by atoms with E-state index in [0.29, 0.717) is 11.8 Å². The number of benzene rings is 1. The van der Waals surface area contributed by atoms with E-state index in [4.69, 9.17) is 0 Å². The lowest BCUT2D eigenvalue weighted by Crippen LogP contribution is -2.26. The summed E-state index contributed by atoms with van der Waals surface area (Å²) in [6.07, 6.45) is 3.62. The average Bonchev–Trinajstić information content (AvgIpc) is 3.32. The van der Waals surface area contributed by atoms with Crippen LogP contribution < -0.4 is 9.80 Å². The minimum absolute atomic E-state index is 0.256. The maximum absolute atomic E-state index is 9.85. The lowest BCUT2D eigenvalue weighted by atomic mass is 9.93. The van der Waals surface area contributed by atoms with Crippen molar-refractivity contribution < 1.29 is 5.11 Å². The van der Waals surface area contributed by atoms with Gasteiger partial charge in [0.25, 0.3) is 0 Å². The van der Waals surface area contributed by atoms with Crippen molar-refractivity contribution in [1.82, 2.24) is 9.97 Å². The molecule has 0 spiro atoms. The molecule has 4 rings (SSSR count). The smallest absolute Gasteiger partial charge is 0.134 e. The number of aliphatic hydroxyl groups is 1. The van der Waals surface area contributed by atoms with Crippen molar-refractivity contribution in [2.45, 2.75) is 45.6 Å². The second kappa shape index (κ2) is 7.47. The van der Waals surface area contributed by atoms with Gasteiger partial charge in [-0.3, -0.25) is 0 Å². The summed E-state index contributed by atoms with van der Waals surface area (Å²) >= 11 is 0. The zero-order valence-corrected chi connectivity index (χ0v) is 16.6. The number of aromatic nitrogens is 2. The van der Waals surface area contributed by atoms with E-state index in [-0.39, 0.29) is 6.10 Å². The molecule has 0 radical (unpaired) electrons. The molecule has 0 aliphatic carbocycles.